The van der Waals surface area contributed by atoms with Crippen LogP contribution in [0.1, 0.15) is 13.3 Å². The molecule has 0 N–H and O–H groups in total. The molecule has 15 heavy (non-hydrogen) atoms. The molecule has 0 atom stereocenters. The third kappa shape index (κ3) is 181. The van der Waals surface area contributed by atoms with E-state index in [1.54, 1.807) is 0 Å². The lowest BCUT2D eigenvalue weighted by atomic mass is 10.5. The summed E-state index contributed by atoms with van der Waals surface area (Å²) in [7, 11) is 0. The van der Waals surface area contributed by atoms with Crippen molar-refractivity contribution in [3.05, 3.63) is 12.7 Å². The second-order valence-corrected chi connectivity index (χ2v) is 4.82. The topological polar surface area (TPSA) is 0 Å². The summed E-state index contributed by atoms with van der Waals surface area (Å²) in [5, 5.41) is 0. The minimum Gasteiger partial charge on any atom is -0.194 e. The van der Waals surface area contributed by atoms with Crippen LogP contribution in [0.3, 0.4) is 0 Å². The molecule has 0 bridgehead atoms. The Balaban J connectivity index is -0.000000147. The van der Waals surface area contributed by atoms with Gasteiger partial charge in [-0.15, -0.1) is 0 Å². The number of alkyl halides is 7. The van der Waals surface area contributed by atoms with Gasteiger partial charge < -0.3 is 0 Å². The van der Waals surface area contributed by atoms with Gasteiger partial charge in [-0.3, -0.25) is 0 Å². The van der Waals surface area contributed by atoms with Crippen LogP contribution in [0.2, 0.25) is 0 Å². The highest BCUT2D eigenvalue weighted by Crippen LogP contribution is 2.25. The fourth-order valence-corrected chi connectivity index (χ4v) is 0. The van der Waals surface area contributed by atoms with Crippen molar-refractivity contribution in [1.82, 2.24) is 0 Å². The molecular weight excluding hydrogens is 381 g/mol. The maximum Gasteiger partial charge on any atom is 0.378 e. The van der Waals surface area contributed by atoms with E-state index in [9.17, 15) is 26.3 Å². The second-order valence-electron chi connectivity index (χ2n) is 1.74. The van der Waals surface area contributed by atoms with Crippen LogP contribution in [0, 0.1) is 0 Å². The van der Waals surface area contributed by atoms with Crippen molar-refractivity contribution >= 4 is 43.5 Å². The molecule has 0 nitrogen and oxygen atoms in total. The summed E-state index contributed by atoms with van der Waals surface area (Å²) in [4.78, 5) is -2.65. The van der Waals surface area contributed by atoms with E-state index in [2.05, 4.69) is 34.1 Å². The highest BCUT2D eigenvalue weighted by Gasteiger charge is 2.18. The summed E-state index contributed by atoms with van der Waals surface area (Å²) >= 11 is 8.06. The largest absolute Gasteiger partial charge is 0.378 e. The van der Waals surface area contributed by atoms with E-state index < -0.39 is 15.2 Å². The molecule has 0 heterocycles. The number of rotatable bonds is 1. The van der Waals surface area contributed by atoms with E-state index in [1.165, 1.54) is 6.92 Å². The first-order valence-electron chi connectivity index (χ1n) is 3.12. The van der Waals surface area contributed by atoms with Gasteiger partial charge in [-0.05, 0) is 34.1 Å². The molecule has 0 amide bonds. The van der Waals surface area contributed by atoms with Crippen molar-refractivity contribution < 1.29 is 26.3 Å². The molecule has 94 valence electrons. The zero-order valence-electron chi connectivity index (χ0n) is 7.32. The van der Waals surface area contributed by atoms with Crippen molar-refractivity contribution in [2.75, 3.05) is 0 Å². The average molecular weight is 388 g/mol. The Labute approximate surface area is 105 Å². The van der Waals surface area contributed by atoms with E-state index in [0.717, 1.165) is 0 Å². The van der Waals surface area contributed by atoms with Crippen LogP contribution in [0.4, 0.5) is 26.3 Å². The minimum absolute atomic E-state index is 0.146. The van der Waals surface area contributed by atoms with Crippen LogP contribution < -0.4 is 0 Å². The van der Waals surface area contributed by atoms with Crippen LogP contribution in [-0.4, -0.2) is 9.12 Å². The first-order valence-corrected chi connectivity index (χ1v) is 5.08. The molecule has 0 spiro atoms. The smallest absolute Gasteiger partial charge is 0.194 e. The lowest BCUT2D eigenvalue weighted by molar-refractivity contribution is 0.110. The van der Waals surface area contributed by atoms with Gasteiger partial charge in [0.05, 0.1) is 0 Å². The highest BCUT2D eigenvalue weighted by molar-refractivity contribution is 9.10. The molecule has 0 aliphatic rings. The normalized spacial score (nSPS) is 10.5. The monoisotopic (exact) mass is 386 g/mol. The fourth-order valence-electron chi connectivity index (χ4n) is 0. The van der Waals surface area contributed by atoms with Crippen molar-refractivity contribution in [3.8, 4) is 0 Å². The van der Waals surface area contributed by atoms with Gasteiger partial charge in [-0.2, -0.15) is 26.3 Å². The predicted molar refractivity (Wildman–Crippen MR) is 55.2 cm³/mol. The molecule has 0 unspecified atom stereocenters. The van der Waals surface area contributed by atoms with E-state index in [-0.39, 0.29) is 6.42 Å². The van der Waals surface area contributed by atoms with Crippen molar-refractivity contribution in [1.29, 1.82) is 0 Å². The molecule has 0 saturated heterocycles. The summed E-state index contributed by atoms with van der Waals surface area (Å²) in [6.07, 6.45) is -1.98. The van der Waals surface area contributed by atoms with Gasteiger partial charge in [0, 0.05) is 22.4 Å². The molecule has 0 aromatic heterocycles. The van der Waals surface area contributed by atoms with Gasteiger partial charge in [-0.25, -0.2) is 0 Å². The Hall–Kier alpha value is 0.570. The standard InChI is InChI=1S/C3H5BrF2.C2H2F2.CBrClF2/c1-2-3(4,5)6;1-2(3)4;2-1(3,4)5/h2H2,1H3;1H2;. The van der Waals surface area contributed by atoms with E-state index >= 15 is 0 Å². The van der Waals surface area contributed by atoms with Gasteiger partial charge in [0.25, 0.3) is 6.08 Å². The lowest BCUT2D eigenvalue weighted by Crippen LogP contribution is -1.99. The molecule has 0 aromatic rings. The third-order valence-electron chi connectivity index (χ3n) is 0.401. The Morgan fingerprint density at radius 3 is 1.27 bits per heavy atom. The van der Waals surface area contributed by atoms with Gasteiger partial charge in [-0.1, -0.05) is 6.92 Å². The molecule has 0 saturated carbocycles. The van der Waals surface area contributed by atoms with E-state index in [4.69, 9.17) is 0 Å². The Kier molecular flexibility index (Phi) is 13.6. The number of halogens is 9. The van der Waals surface area contributed by atoms with Crippen molar-refractivity contribution in [2.24, 2.45) is 0 Å². The van der Waals surface area contributed by atoms with E-state index in [1.807, 2.05) is 15.9 Å². The first-order chi connectivity index (χ1) is 6.29. The lowest BCUT2D eigenvalue weighted by Gasteiger charge is -1.99. The van der Waals surface area contributed by atoms with Crippen LogP contribution in [0.25, 0.3) is 0 Å². The molecule has 0 fully saturated rings. The zero-order valence-corrected chi connectivity index (χ0v) is 11.2. The van der Waals surface area contributed by atoms with Crippen LogP contribution in [-0.2, 0) is 0 Å². The van der Waals surface area contributed by atoms with Gasteiger partial charge in [0.2, 0.25) is 0 Å². The van der Waals surface area contributed by atoms with Crippen molar-refractivity contribution in [3.63, 3.8) is 0 Å². The maximum atomic E-state index is 11.4. The highest BCUT2D eigenvalue weighted by atomic mass is 79.9. The van der Waals surface area contributed by atoms with Gasteiger partial charge in [0.1, 0.15) is 0 Å². The zero-order chi connectivity index (χ0) is 13.3. The summed E-state index contributed by atoms with van der Waals surface area (Å²) in [6.45, 7) is 3.63. The number of hydrogen-bond donors (Lipinski definition) is 0. The summed E-state index contributed by atoms with van der Waals surface area (Å²) in [6, 6.07) is 0. The van der Waals surface area contributed by atoms with Gasteiger partial charge in [0.15, 0.2) is 0 Å². The van der Waals surface area contributed by atoms with Crippen LogP contribution in [0.15, 0.2) is 12.7 Å². The molecule has 0 aromatic carbocycles. The van der Waals surface area contributed by atoms with Gasteiger partial charge >= 0.3 is 9.12 Å². The third-order valence-corrected chi connectivity index (χ3v) is 0.962. The minimum atomic E-state index is -3.22. The summed E-state index contributed by atoms with van der Waals surface area (Å²) in [5.41, 5.74) is 0. The molecular formula is C6H7Br2ClF6. The molecule has 0 rings (SSSR count). The summed E-state index contributed by atoms with van der Waals surface area (Å²) in [5.74, 6) is 0. The quantitative estimate of drug-likeness (QED) is 0.385. The van der Waals surface area contributed by atoms with Crippen LogP contribution >= 0.6 is 43.5 Å². The second kappa shape index (κ2) is 9.77. The van der Waals surface area contributed by atoms with Crippen LogP contribution in [0.5, 0.6) is 0 Å². The molecule has 0 aliphatic carbocycles. The molecule has 9 heteroatoms. The maximum absolute atomic E-state index is 11.4. The number of hydrogen-bond acceptors (Lipinski definition) is 0. The SMILES string of the molecule is C=C(F)F.CCC(F)(F)Br.FC(F)(Cl)Br. The summed E-state index contributed by atoms with van der Waals surface area (Å²) < 4.78 is 61.2. The van der Waals surface area contributed by atoms with Crippen molar-refractivity contribution in [2.45, 2.75) is 22.5 Å². The van der Waals surface area contributed by atoms with E-state index in [0.29, 0.717) is 0 Å². The Bertz CT molecular complexity index is 154. The molecule has 0 aliphatic heterocycles. The Morgan fingerprint density at radius 1 is 1.20 bits per heavy atom. The molecule has 0 radical (unpaired) electrons. The fraction of sp³-hybridized carbons (Fsp3) is 0.667. The predicted octanol–water partition coefficient (Wildman–Crippen LogP) is 5.95. The average Bonchev–Trinajstić information content (AvgIpc) is 1.80. The Morgan fingerprint density at radius 2 is 1.27 bits per heavy atom. The first kappa shape index (κ1) is 20.9.